The third-order valence-electron chi connectivity index (χ3n) is 2.39. The Bertz CT molecular complexity index is 292. The summed E-state index contributed by atoms with van der Waals surface area (Å²) in [5, 5.41) is 8.51. The minimum absolute atomic E-state index is 0. The molecule has 6 nitrogen and oxygen atoms in total. The normalized spacial score (nSPS) is 13.1. The van der Waals surface area contributed by atoms with Crippen LogP contribution >= 0.6 is 0 Å². The molecule has 0 radical (unpaired) electrons. The second-order valence-corrected chi connectivity index (χ2v) is 3.75. The van der Waals surface area contributed by atoms with Gasteiger partial charge in [0.1, 0.15) is 12.4 Å². The van der Waals surface area contributed by atoms with E-state index in [0.717, 1.165) is 0 Å². The standard InChI is InChI=1S/C11H18O6.CH4.H2/c1-7(12)9(4-5-10(13)14)6-17-11(15)8(2)16-3;;/h8-9H,4-6H2,1-3H3,(H,13,14);1H4;1H/i;;1+1. The molecule has 108 valence electrons. The molecule has 2 atom stereocenters. The maximum atomic E-state index is 11.3. The summed E-state index contributed by atoms with van der Waals surface area (Å²) in [6, 6.07) is 0. The Hall–Kier alpha value is -1.43. The van der Waals surface area contributed by atoms with Crippen LogP contribution in [0.5, 0.6) is 0 Å². The molecule has 0 fully saturated rings. The number of ketones is 1. The SMILES string of the molecule is C.COC(C)C(=O)OCC(CCC(=O)O)C(C)=O.[2HH]. The number of hydrogen-bond donors (Lipinski definition) is 1. The largest absolute Gasteiger partial charge is 0.481 e. The van der Waals surface area contributed by atoms with E-state index in [1.54, 1.807) is 0 Å². The first kappa shape index (κ1) is 18.9. The average molecular weight is 265 g/mol. The zero-order valence-corrected chi connectivity index (χ0v) is 10.3. The van der Waals surface area contributed by atoms with Crippen LogP contribution in [-0.2, 0) is 23.9 Å². The van der Waals surface area contributed by atoms with Gasteiger partial charge in [-0.05, 0) is 20.3 Å². The molecule has 6 heteroatoms. The van der Waals surface area contributed by atoms with Gasteiger partial charge in [-0.3, -0.25) is 9.59 Å². The van der Waals surface area contributed by atoms with Crippen molar-refractivity contribution in [1.82, 2.24) is 0 Å². The van der Waals surface area contributed by atoms with E-state index in [-0.39, 0.29) is 34.1 Å². The molecule has 0 aromatic heterocycles. The summed E-state index contributed by atoms with van der Waals surface area (Å²) in [6.07, 6.45) is -0.650. The highest BCUT2D eigenvalue weighted by molar-refractivity contribution is 5.80. The van der Waals surface area contributed by atoms with E-state index in [9.17, 15) is 14.4 Å². The first-order valence-corrected chi connectivity index (χ1v) is 5.30. The van der Waals surface area contributed by atoms with Crippen LogP contribution in [0, 0.1) is 5.92 Å². The van der Waals surface area contributed by atoms with E-state index in [2.05, 4.69) is 0 Å². The van der Waals surface area contributed by atoms with Crippen LogP contribution in [0.15, 0.2) is 0 Å². The molecule has 0 aromatic carbocycles. The summed E-state index contributed by atoms with van der Waals surface area (Å²) in [4.78, 5) is 32.8. The topological polar surface area (TPSA) is 89.9 Å². The molecule has 2 unspecified atom stereocenters. The number of methoxy groups -OCH3 is 1. The number of Topliss-reactive ketones (excluding diaryl/α,β-unsaturated/α-hetero) is 1. The Morgan fingerprint density at radius 2 is 1.89 bits per heavy atom. The van der Waals surface area contributed by atoms with Crippen molar-refractivity contribution in [3.63, 3.8) is 0 Å². The van der Waals surface area contributed by atoms with E-state index < -0.39 is 24.0 Å². The molecule has 1 N–H and O–H groups in total. The quantitative estimate of drug-likeness (QED) is 0.669. The van der Waals surface area contributed by atoms with Crippen LogP contribution in [0.4, 0.5) is 0 Å². The van der Waals surface area contributed by atoms with E-state index in [1.807, 2.05) is 0 Å². The van der Waals surface area contributed by atoms with Gasteiger partial charge in [-0.1, -0.05) is 7.43 Å². The minimum atomic E-state index is -0.979. The number of hydrogen-bond acceptors (Lipinski definition) is 5. The summed E-state index contributed by atoms with van der Waals surface area (Å²) in [5.74, 6) is -2.30. The smallest absolute Gasteiger partial charge is 0.334 e. The Labute approximate surface area is 109 Å². The lowest BCUT2D eigenvalue weighted by Gasteiger charge is -2.15. The molecule has 0 aromatic rings. The molecule has 0 aliphatic rings. The van der Waals surface area contributed by atoms with E-state index in [0.29, 0.717) is 0 Å². The molecule has 0 rings (SSSR count). The van der Waals surface area contributed by atoms with Crippen molar-refractivity contribution in [2.24, 2.45) is 5.92 Å². The number of rotatable bonds is 8. The van der Waals surface area contributed by atoms with Crippen LogP contribution in [0.3, 0.4) is 0 Å². The fraction of sp³-hybridized carbons (Fsp3) is 0.750. The Morgan fingerprint density at radius 1 is 1.33 bits per heavy atom. The molecule has 0 aliphatic heterocycles. The van der Waals surface area contributed by atoms with Crippen molar-refractivity contribution < 1.29 is 30.4 Å². The summed E-state index contributed by atoms with van der Waals surface area (Å²) >= 11 is 0. The lowest BCUT2D eigenvalue weighted by atomic mass is 10.0. The number of ether oxygens (including phenoxy) is 2. The van der Waals surface area contributed by atoms with Gasteiger partial charge in [0.05, 0.1) is 5.92 Å². The summed E-state index contributed by atoms with van der Waals surface area (Å²) in [5.41, 5.74) is 0. The first-order valence-electron chi connectivity index (χ1n) is 5.30. The highest BCUT2D eigenvalue weighted by atomic mass is 16.6. The van der Waals surface area contributed by atoms with E-state index in [4.69, 9.17) is 14.6 Å². The number of carbonyl (C=O) groups is 3. The third-order valence-corrected chi connectivity index (χ3v) is 2.39. The second-order valence-electron chi connectivity index (χ2n) is 3.75. The van der Waals surface area contributed by atoms with Gasteiger partial charge in [0.25, 0.3) is 0 Å². The Morgan fingerprint density at radius 3 is 2.28 bits per heavy atom. The fourth-order valence-electron chi connectivity index (χ4n) is 1.10. The predicted molar refractivity (Wildman–Crippen MR) is 67.3 cm³/mol. The summed E-state index contributed by atoms with van der Waals surface area (Å²) in [6.45, 7) is 2.78. The highest BCUT2D eigenvalue weighted by Gasteiger charge is 2.20. The third kappa shape index (κ3) is 7.78. The summed E-state index contributed by atoms with van der Waals surface area (Å²) in [7, 11) is 1.37. The molecule has 0 saturated heterocycles. The maximum absolute atomic E-state index is 11.3. The molecule has 0 spiro atoms. The number of carboxylic acids is 1. The molecule has 0 bridgehead atoms. The van der Waals surface area contributed by atoms with Gasteiger partial charge >= 0.3 is 11.9 Å². The van der Waals surface area contributed by atoms with E-state index >= 15 is 0 Å². The lowest BCUT2D eigenvalue weighted by molar-refractivity contribution is -0.156. The maximum Gasteiger partial charge on any atom is 0.334 e. The Kier molecular flexibility index (Phi) is 10.1. The number of esters is 1. The van der Waals surface area contributed by atoms with Gasteiger partial charge < -0.3 is 14.6 Å². The van der Waals surface area contributed by atoms with Gasteiger partial charge in [-0.2, -0.15) is 0 Å². The summed E-state index contributed by atoms with van der Waals surface area (Å²) < 4.78 is 9.62. The van der Waals surface area contributed by atoms with Crippen molar-refractivity contribution in [1.29, 1.82) is 0 Å². The number of carbonyl (C=O) groups excluding carboxylic acids is 2. The number of carboxylic acid groups (broad SMARTS) is 1. The van der Waals surface area contributed by atoms with Crippen LogP contribution < -0.4 is 0 Å². The van der Waals surface area contributed by atoms with E-state index in [1.165, 1.54) is 21.0 Å². The lowest BCUT2D eigenvalue weighted by Crippen LogP contribution is -2.27. The first-order chi connectivity index (χ1) is 7.88. The minimum Gasteiger partial charge on any atom is -0.481 e. The second kappa shape index (κ2) is 9.58. The molecule has 0 amide bonds. The molecule has 0 aliphatic carbocycles. The zero-order chi connectivity index (χ0) is 13.4. The van der Waals surface area contributed by atoms with Gasteiger partial charge in [-0.25, -0.2) is 4.79 Å². The van der Waals surface area contributed by atoms with Gasteiger partial charge in [0.2, 0.25) is 0 Å². The van der Waals surface area contributed by atoms with Crippen LogP contribution in [0.1, 0.15) is 35.5 Å². The number of aliphatic carboxylic acids is 1. The average Bonchev–Trinajstić information content (AvgIpc) is 2.26. The fourth-order valence-corrected chi connectivity index (χ4v) is 1.10. The molecular formula is C12H24O6. The molecule has 0 heterocycles. The van der Waals surface area contributed by atoms with Gasteiger partial charge in [0.15, 0.2) is 6.10 Å². The monoisotopic (exact) mass is 265 g/mol. The molecule has 0 saturated carbocycles. The zero-order valence-electron chi connectivity index (χ0n) is 10.3. The van der Waals surface area contributed by atoms with Crippen molar-refractivity contribution in [2.75, 3.05) is 13.7 Å². The van der Waals surface area contributed by atoms with Gasteiger partial charge in [0, 0.05) is 15.0 Å². The van der Waals surface area contributed by atoms with Crippen LogP contribution in [-0.4, -0.2) is 42.6 Å². The molecule has 18 heavy (non-hydrogen) atoms. The van der Waals surface area contributed by atoms with Crippen molar-refractivity contribution in [2.45, 2.75) is 40.2 Å². The van der Waals surface area contributed by atoms with Crippen LogP contribution in [0.2, 0.25) is 0 Å². The highest BCUT2D eigenvalue weighted by Crippen LogP contribution is 2.09. The van der Waals surface area contributed by atoms with Crippen molar-refractivity contribution >= 4 is 17.7 Å². The van der Waals surface area contributed by atoms with Crippen molar-refractivity contribution in [3.8, 4) is 0 Å². The Balaban J connectivity index is -0.00000128. The van der Waals surface area contributed by atoms with Gasteiger partial charge in [-0.15, -0.1) is 0 Å². The van der Waals surface area contributed by atoms with Crippen LogP contribution in [0.25, 0.3) is 0 Å². The molecular weight excluding hydrogens is 240 g/mol. The van der Waals surface area contributed by atoms with Crippen molar-refractivity contribution in [3.05, 3.63) is 0 Å². The predicted octanol–water partition coefficient (Wildman–Crippen LogP) is 1.52.